The van der Waals surface area contributed by atoms with E-state index in [1.807, 2.05) is 19.1 Å². The van der Waals surface area contributed by atoms with Crippen LogP contribution in [0.15, 0.2) is 71.1 Å². The molecular formula is C21H18N4O4S2. The quantitative estimate of drug-likeness (QED) is 0.345. The molecule has 2 aromatic carbocycles. The minimum Gasteiger partial charge on any atom is -0.360 e. The first-order chi connectivity index (χ1) is 14.8. The molecule has 4 rings (SSSR count). The monoisotopic (exact) mass is 454 g/mol. The average molecular weight is 455 g/mol. The summed E-state index contributed by atoms with van der Waals surface area (Å²) in [5.74, 6) is -1.25. The number of benzene rings is 2. The Morgan fingerprint density at radius 1 is 0.935 bits per heavy atom. The third kappa shape index (κ3) is 4.30. The van der Waals surface area contributed by atoms with Crippen molar-refractivity contribution in [2.75, 3.05) is 4.72 Å². The van der Waals surface area contributed by atoms with Gasteiger partial charge in [0.25, 0.3) is 21.8 Å². The Hall–Kier alpha value is -3.63. The van der Waals surface area contributed by atoms with Gasteiger partial charge in [-0.25, -0.2) is 8.42 Å². The van der Waals surface area contributed by atoms with Crippen molar-refractivity contribution in [3.63, 3.8) is 0 Å². The van der Waals surface area contributed by atoms with Gasteiger partial charge < -0.3 is 4.98 Å². The highest BCUT2D eigenvalue weighted by molar-refractivity contribution is 7.93. The normalized spacial score (nSPS) is 11.3. The topological polar surface area (TPSA) is 120 Å². The Labute approximate surface area is 182 Å². The van der Waals surface area contributed by atoms with E-state index in [1.165, 1.54) is 11.4 Å². The van der Waals surface area contributed by atoms with Crippen molar-refractivity contribution in [1.29, 1.82) is 0 Å². The molecule has 0 atom stereocenters. The predicted octanol–water partition coefficient (Wildman–Crippen LogP) is 3.41. The third-order valence-corrected chi connectivity index (χ3v) is 7.02. The van der Waals surface area contributed by atoms with Crippen LogP contribution in [0, 0.1) is 6.92 Å². The lowest BCUT2D eigenvalue weighted by Crippen LogP contribution is -2.41. The molecule has 4 N–H and O–H groups in total. The number of hydrazine groups is 1. The molecule has 8 nitrogen and oxygen atoms in total. The van der Waals surface area contributed by atoms with Gasteiger partial charge in [-0.2, -0.15) is 0 Å². The Morgan fingerprint density at radius 3 is 2.42 bits per heavy atom. The van der Waals surface area contributed by atoms with E-state index in [0.717, 1.165) is 22.4 Å². The van der Waals surface area contributed by atoms with Crippen molar-refractivity contribution < 1.29 is 18.0 Å². The first-order valence-electron chi connectivity index (χ1n) is 9.19. The molecule has 0 saturated carbocycles. The molecule has 0 aliphatic heterocycles. The van der Waals surface area contributed by atoms with Crippen molar-refractivity contribution in [3.8, 4) is 0 Å². The molecule has 0 unspecified atom stereocenters. The van der Waals surface area contributed by atoms with Crippen molar-refractivity contribution in [2.45, 2.75) is 11.8 Å². The van der Waals surface area contributed by atoms with E-state index in [9.17, 15) is 18.0 Å². The van der Waals surface area contributed by atoms with Gasteiger partial charge in [0.1, 0.15) is 9.77 Å². The number of carbonyl (C=O) groups excluding carboxylic acids is 2. The van der Waals surface area contributed by atoms with Crippen molar-refractivity contribution in [3.05, 3.63) is 82.2 Å². The molecule has 0 aliphatic rings. The van der Waals surface area contributed by atoms with Crippen molar-refractivity contribution >= 4 is 49.8 Å². The van der Waals surface area contributed by atoms with Crippen LogP contribution >= 0.6 is 11.3 Å². The van der Waals surface area contributed by atoms with Gasteiger partial charge in [0, 0.05) is 22.8 Å². The first-order valence-corrected chi connectivity index (χ1v) is 11.6. The maximum absolute atomic E-state index is 12.8. The summed E-state index contributed by atoms with van der Waals surface area (Å²) in [6, 6.07) is 15.4. The fourth-order valence-corrected chi connectivity index (χ4v) is 5.39. The molecule has 0 radical (unpaired) electrons. The lowest BCUT2D eigenvalue weighted by molar-refractivity contribution is 0.0848. The number of sulfonamides is 1. The minimum absolute atomic E-state index is 0.0427. The summed E-state index contributed by atoms with van der Waals surface area (Å²) in [6.07, 6.45) is 1.54. The second-order valence-corrected chi connectivity index (χ2v) is 9.31. The Morgan fingerprint density at radius 2 is 1.65 bits per heavy atom. The number of hydrogen-bond acceptors (Lipinski definition) is 5. The fourth-order valence-electron chi connectivity index (χ4n) is 3.00. The van der Waals surface area contributed by atoms with Crippen LogP contribution in [0.3, 0.4) is 0 Å². The highest BCUT2D eigenvalue weighted by atomic mass is 32.2. The van der Waals surface area contributed by atoms with Crippen molar-refractivity contribution in [2.24, 2.45) is 0 Å². The molecule has 0 fully saturated rings. The van der Waals surface area contributed by atoms with E-state index in [2.05, 4.69) is 20.6 Å². The molecule has 2 amide bonds. The van der Waals surface area contributed by atoms with Crippen LogP contribution in [0.1, 0.15) is 25.6 Å². The summed E-state index contributed by atoms with van der Waals surface area (Å²) in [5.41, 5.74) is 7.14. The van der Waals surface area contributed by atoms with Gasteiger partial charge in [-0.3, -0.25) is 25.2 Å². The van der Waals surface area contributed by atoms with Crippen LogP contribution in [-0.2, 0) is 10.0 Å². The van der Waals surface area contributed by atoms with Gasteiger partial charge in [0.15, 0.2) is 0 Å². The molecule has 10 heteroatoms. The summed E-state index contributed by atoms with van der Waals surface area (Å²) in [6.45, 7) is 1.89. The number of fused-ring (bicyclic) bond motifs is 1. The van der Waals surface area contributed by atoms with Crippen LogP contribution in [-0.4, -0.2) is 25.2 Å². The van der Waals surface area contributed by atoms with Gasteiger partial charge in [0.2, 0.25) is 0 Å². The van der Waals surface area contributed by atoms with Gasteiger partial charge in [0.05, 0.1) is 5.56 Å². The molecule has 0 spiro atoms. The summed E-state index contributed by atoms with van der Waals surface area (Å²) in [5, 5.41) is 2.20. The molecule has 2 aromatic heterocycles. The standard InChI is InChI=1S/C21H18N4O4S2/c1-13-6-8-14(9-7-13)25-31(28,29)18-10-11-30-19(18)21(27)24-23-20(26)16-12-22-17-5-3-2-4-15(16)17/h2-12,22,25H,1H3,(H,23,26)(H,24,27). The van der Waals surface area contributed by atoms with Gasteiger partial charge in [-0.1, -0.05) is 35.9 Å². The molecule has 0 aliphatic carbocycles. The number of aromatic nitrogens is 1. The van der Waals surface area contributed by atoms with E-state index in [4.69, 9.17) is 0 Å². The number of aromatic amines is 1. The van der Waals surface area contributed by atoms with Crippen LogP contribution in [0.4, 0.5) is 5.69 Å². The van der Waals surface area contributed by atoms with Crippen LogP contribution < -0.4 is 15.6 Å². The molecule has 31 heavy (non-hydrogen) atoms. The maximum Gasteiger partial charge on any atom is 0.281 e. The average Bonchev–Trinajstić information content (AvgIpc) is 3.41. The number of anilines is 1. The zero-order valence-corrected chi connectivity index (χ0v) is 17.9. The molecule has 158 valence electrons. The fraction of sp³-hybridized carbons (Fsp3) is 0.0476. The van der Waals surface area contributed by atoms with E-state index in [0.29, 0.717) is 16.6 Å². The second kappa shape index (κ2) is 8.25. The molecule has 2 heterocycles. The van der Waals surface area contributed by atoms with Crippen molar-refractivity contribution in [1.82, 2.24) is 15.8 Å². The van der Waals surface area contributed by atoms with Crippen LogP contribution in [0.2, 0.25) is 0 Å². The van der Waals surface area contributed by atoms with Gasteiger partial charge in [-0.05, 0) is 36.6 Å². The predicted molar refractivity (Wildman–Crippen MR) is 120 cm³/mol. The molecule has 0 bridgehead atoms. The summed E-state index contributed by atoms with van der Waals surface area (Å²) in [4.78, 5) is 27.8. The summed E-state index contributed by atoms with van der Waals surface area (Å²) in [7, 11) is -3.99. The third-order valence-electron chi connectivity index (χ3n) is 4.55. The number of aryl methyl sites for hydroxylation is 1. The van der Waals surface area contributed by atoms with E-state index in [-0.39, 0.29) is 9.77 Å². The lowest BCUT2D eigenvalue weighted by Gasteiger charge is -2.10. The Kier molecular flexibility index (Phi) is 5.49. The number of amides is 2. The minimum atomic E-state index is -3.99. The van der Waals surface area contributed by atoms with Crippen LogP contribution in [0.5, 0.6) is 0 Å². The SMILES string of the molecule is Cc1ccc(NS(=O)(=O)c2ccsc2C(=O)NNC(=O)c2c[nH]c3ccccc23)cc1. The number of carbonyl (C=O) groups is 2. The summed E-state index contributed by atoms with van der Waals surface area (Å²) >= 11 is 0.961. The first kappa shape index (κ1) is 20.6. The van der Waals surface area contributed by atoms with E-state index in [1.54, 1.807) is 42.6 Å². The Bertz CT molecular complexity index is 1370. The number of thiophene rings is 1. The number of nitrogens with one attached hydrogen (secondary N) is 4. The largest absolute Gasteiger partial charge is 0.360 e. The second-order valence-electron chi connectivity index (χ2n) is 6.74. The number of hydrogen-bond donors (Lipinski definition) is 4. The van der Waals surface area contributed by atoms with E-state index >= 15 is 0 Å². The van der Waals surface area contributed by atoms with Gasteiger partial charge >= 0.3 is 0 Å². The number of para-hydroxylation sites is 1. The Balaban J connectivity index is 1.48. The summed E-state index contributed by atoms with van der Waals surface area (Å²) < 4.78 is 28.0. The lowest BCUT2D eigenvalue weighted by atomic mass is 10.2. The number of H-pyrrole nitrogens is 1. The molecular weight excluding hydrogens is 436 g/mol. The maximum atomic E-state index is 12.8. The zero-order chi connectivity index (χ0) is 22.0. The highest BCUT2D eigenvalue weighted by Crippen LogP contribution is 2.24. The van der Waals surface area contributed by atoms with Crippen LogP contribution in [0.25, 0.3) is 10.9 Å². The molecule has 4 aromatic rings. The molecule has 0 saturated heterocycles. The van der Waals surface area contributed by atoms with E-state index < -0.39 is 21.8 Å². The number of rotatable bonds is 5. The zero-order valence-electron chi connectivity index (χ0n) is 16.3. The smallest absolute Gasteiger partial charge is 0.281 e. The van der Waals surface area contributed by atoms with Gasteiger partial charge in [-0.15, -0.1) is 11.3 Å². The highest BCUT2D eigenvalue weighted by Gasteiger charge is 2.25.